The van der Waals surface area contributed by atoms with Crippen LogP contribution in [0.2, 0.25) is 0 Å². The molecule has 0 saturated carbocycles. The summed E-state index contributed by atoms with van der Waals surface area (Å²) in [5.74, 6) is -12.0. The van der Waals surface area contributed by atoms with E-state index < -0.39 is 40.0 Å². The van der Waals surface area contributed by atoms with Crippen LogP contribution in [0.15, 0.2) is 0 Å². The minimum absolute atomic E-state index is 0.437. The second-order valence-corrected chi connectivity index (χ2v) is 3.51. The summed E-state index contributed by atoms with van der Waals surface area (Å²) >= 11 is 4.53. The largest absolute Gasteiger partial charge is 0.425 e. The maximum absolute atomic E-state index is 13.1. The summed E-state index contributed by atoms with van der Waals surface area (Å²) in [6.45, 7) is 0. The van der Waals surface area contributed by atoms with Crippen LogP contribution in [0.4, 0.5) is 22.0 Å². The van der Waals surface area contributed by atoms with Crippen LogP contribution in [0, 0.1) is 29.1 Å². The first-order valence-electron chi connectivity index (χ1n) is 4.18. The van der Waals surface area contributed by atoms with Crippen molar-refractivity contribution in [2.45, 2.75) is 0 Å². The van der Waals surface area contributed by atoms with Crippen molar-refractivity contribution < 1.29 is 26.7 Å². The molecule has 94 valence electrons. The lowest BCUT2D eigenvalue weighted by molar-refractivity contribution is 0.334. The summed E-state index contributed by atoms with van der Waals surface area (Å²) in [7, 11) is 2.77. The zero-order valence-electron chi connectivity index (χ0n) is 8.65. The number of benzene rings is 1. The van der Waals surface area contributed by atoms with Crippen molar-refractivity contribution >= 4 is 17.4 Å². The molecule has 8 heteroatoms. The van der Waals surface area contributed by atoms with Gasteiger partial charge in [0.1, 0.15) is 0 Å². The Kier molecular flexibility index (Phi) is 3.87. The van der Waals surface area contributed by atoms with E-state index in [2.05, 4.69) is 17.0 Å². The van der Waals surface area contributed by atoms with Gasteiger partial charge in [-0.25, -0.2) is 13.2 Å². The van der Waals surface area contributed by atoms with Crippen LogP contribution in [0.5, 0.6) is 5.75 Å². The van der Waals surface area contributed by atoms with Crippen molar-refractivity contribution in [1.82, 2.24) is 4.90 Å². The van der Waals surface area contributed by atoms with Crippen molar-refractivity contribution in [1.29, 1.82) is 0 Å². The molecule has 0 spiro atoms. The number of thiocarbonyl (C=S) groups is 1. The summed E-state index contributed by atoms with van der Waals surface area (Å²) in [4.78, 5) is 1.13. The third kappa shape index (κ3) is 2.46. The number of ether oxygens (including phenoxy) is 1. The highest BCUT2D eigenvalue weighted by atomic mass is 32.1. The smallest absolute Gasteiger partial charge is 0.264 e. The summed E-state index contributed by atoms with van der Waals surface area (Å²) in [6.07, 6.45) is 0. The lowest BCUT2D eigenvalue weighted by Gasteiger charge is -2.15. The SMILES string of the molecule is CN(C)C(=S)Oc1c(F)c(F)c(F)c(F)c1F. The molecule has 0 unspecified atom stereocenters. The summed E-state index contributed by atoms with van der Waals surface area (Å²) in [6, 6.07) is 0. The van der Waals surface area contributed by atoms with Crippen LogP contribution >= 0.6 is 12.2 Å². The first-order valence-corrected chi connectivity index (χ1v) is 4.58. The number of hydrogen-bond donors (Lipinski definition) is 0. The Bertz CT molecular complexity index is 448. The highest BCUT2D eigenvalue weighted by Gasteiger charge is 2.28. The molecule has 1 aromatic rings. The fourth-order valence-electron chi connectivity index (χ4n) is 0.853. The quantitative estimate of drug-likeness (QED) is 0.337. The number of hydrogen-bond acceptors (Lipinski definition) is 2. The van der Waals surface area contributed by atoms with Gasteiger partial charge in [0.15, 0.2) is 0 Å². The molecular weight excluding hydrogens is 265 g/mol. The highest BCUT2D eigenvalue weighted by molar-refractivity contribution is 7.80. The second-order valence-electron chi connectivity index (χ2n) is 3.16. The molecule has 0 heterocycles. The van der Waals surface area contributed by atoms with Crippen molar-refractivity contribution in [3.05, 3.63) is 29.1 Å². The van der Waals surface area contributed by atoms with E-state index in [1.54, 1.807) is 0 Å². The van der Waals surface area contributed by atoms with Crippen LogP contribution in [0.25, 0.3) is 0 Å². The van der Waals surface area contributed by atoms with Crippen molar-refractivity contribution in [3.8, 4) is 5.75 Å². The van der Waals surface area contributed by atoms with E-state index in [9.17, 15) is 22.0 Å². The molecule has 17 heavy (non-hydrogen) atoms. The molecule has 1 rings (SSSR count). The Hall–Kier alpha value is -1.44. The number of rotatable bonds is 1. The van der Waals surface area contributed by atoms with E-state index in [1.165, 1.54) is 14.1 Å². The van der Waals surface area contributed by atoms with E-state index in [1.807, 2.05) is 0 Å². The van der Waals surface area contributed by atoms with Gasteiger partial charge in [0.25, 0.3) is 5.17 Å². The van der Waals surface area contributed by atoms with Crippen molar-refractivity contribution in [2.24, 2.45) is 0 Å². The minimum Gasteiger partial charge on any atom is -0.425 e. The van der Waals surface area contributed by atoms with Crippen molar-refractivity contribution in [3.63, 3.8) is 0 Å². The fourth-order valence-corrected chi connectivity index (χ4v) is 0.936. The number of nitrogens with zero attached hydrogens (tertiary/aromatic N) is 1. The molecule has 0 fully saturated rings. The average Bonchev–Trinajstić information content (AvgIpc) is 2.29. The molecule has 0 N–H and O–H groups in total. The molecule has 1 aromatic carbocycles. The summed E-state index contributed by atoms with van der Waals surface area (Å²) in [5, 5.41) is -0.437. The molecule has 0 aromatic heterocycles. The highest BCUT2D eigenvalue weighted by Crippen LogP contribution is 2.29. The number of halogens is 5. The van der Waals surface area contributed by atoms with Gasteiger partial charge in [-0.2, -0.15) is 8.78 Å². The zero-order chi connectivity index (χ0) is 13.3. The average molecular weight is 271 g/mol. The standard InChI is InChI=1S/C9H6F5NOS/c1-15(2)9(17)16-8-6(13)4(11)3(10)5(12)7(8)14/h1-2H3. The molecule has 0 radical (unpaired) electrons. The van der Waals surface area contributed by atoms with E-state index >= 15 is 0 Å². The second kappa shape index (κ2) is 4.82. The minimum atomic E-state index is -2.25. The Balaban J connectivity index is 3.30. The Morgan fingerprint density at radius 2 is 1.24 bits per heavy atom. The monoisotopic (exact) mass is 271 g/mol. The van der Waals surface area contributed by atoms with Crippen LogP contribution < -0.4 is 4.74 Å². The molecule has 0 aliphatic carbocycles. The topological polar surface area (TPSA) is 12.5 Å². The van der Waals surface area contributed by atoms with Gasteiger partial charge in [0.2, 0.25) is 34.8 Å². The summed E-state index contributed by atoms with van der Waals surface area (Å²) < 4.78 is 68.8. The van der Waals surface area contributed by atoms with Crippen LogP contribution in [-0.4, -0.2) is 24.2 Å². The molecule has 0 amide bonds. The van der Waals surface area contributed by atoms with Gasteiger partial charge in [0.05, 0.1) is 0 Å². The lowest BCUT2D eigenvalue weighted by Crippen LogP contribution is -2.26. The van der Waals surface area contributed by atoms with Gasteiger partial charge in [0, 0.05) is 14.1 Å². The van der Waals surface area contributed by atoms with E-state index in [0.717, 1.165) is 4.90 Å². The van der Waals surface area contributed by atoms with Gasteiger partial charge in [-0.1, -0.05) is 0 Å². The Labute approximate surface area is 98.6 Å². The predicted octanol–water partition coefficient (Wildman–Crippen LogP) is 2.61. The Morgan fingerprint density at radius 1 is 0.882 bits per heavy atom. The van der Waals surface area contributed by atoms with Gasteiger partial charge in [-0.15, -0.1) is 0 Å². The Morgan fingerprint density at radius 3 is 1.59 bits per heavy atom. The molecule has 0 aliphatic heterocycles. The maximum atomic E-state index is 13.1. The van der Waals surface area contributed by atoms with Crippen LogP contribution in [-0.2, 0) is 0 Å². The third-order valence-corrected chi connectivity index (χ3v) is 2.17. The lowest BCUT2D eigenvalue weighted by atomic mass is 10.2. The molecule has 0 atom stereocenters. The van der Waals surface area contributed by atoms with Gasteiger partial charge >= 0.3 is 0 Å². The van der Waals surface area contributed by atoms with E-state index in [0.29, 0.717) is 0 Å². The van der Waals surface area contributed by atoms with Gasteiger partial charge < -0.3 is 9.64 Å². The molecule has 0 saturated heterocycles. The van der Waals surface area contributed by atoms with Crippen molar-refractivity contribution in [2.75, 3.05) is 14.1 Å². The first kappa shape index (κ1) is 13.6. The fraction of sp³-hybridized carbons (Fsp3) is 0.222. The first-order chi connectivity index (χ1) is 7.77. The normalized spacial score (nSPS) is 10.3. The molecule has 0 aliphatic rings. The van der Waals surface area contributed by atoms with Crippen LogP contribution in [0.3, 0.4) is 0 Å². The molecule has 0 bridgehead atoms. The summed E-state index contributed by atoms with van der Waals surface area (Å²) in [5.41, 5.74) is 0. The molecule has 2 nitrogen and oxygen atoms in total. The predicted molar refractivity (Wildman–Crippen MR) is 53.1 cm³/mol. The van der Waals surface area contributed by atoms with Gasteiger partial charge in [-0.05, 0) is 12.2 Å². The van der Waals surface area contributed by atoms with E-state index in [4.69, 9.17) is 0 Å². The molecular formula is C9H6F5NOS. The third-order valence-electron chi connectivity index (χ3n) is 1.72. The van der Waals surface area contributed by atoms with E-state index in [-0.39, 0.29) is 0 Å². The zero-order valence-corrected chi connectivity index (χ0v) is 9.47. The van der Waals surface area contributed by atoms with Gasteiger partial charge in [-0.3, -0.25) is 0 Å². The van der Waals surface area contributed by atoms with Crippen LogP contribution in [0.1, 0.15) is 0 Å². The maximum Gasteiger partial charge on any atom is 0.264 e.